The first-order valence-electron chi connectivity index (χ1n) is 11.9. The van der Waals surface area contributed by atoms with Gasteiger partial charge in [-0.05, 0) is 106 Å². The molecule has 1 saturated carbocycles. The third kappa shape index (κ3) is 4.50. The molecule has 3 nitrogen and oxygen atoms in total. The third-order valence-electron chi connectivity index (χ3n) is 7.38. The number of nitrogens with one attached hydrogen (secondary N) is 2. The Morgan fingerprint density at radius 2 is 1.73 bits per heavy atom. The summed E-state index contributed by atoms with van der Waals surface area (Å²) in [5.74, 6) is 0.852. The number of hydrogen-bond acceptors (Lipinski definition) is 3. The van der Waals surface area contributed by atoms with Crippen molar-refractivity contribution in [3.8, 4) is 0 Å². The number of benzene rings is 1. The topological polar surface area (TPSA) is 36.4 Å². The van der Waals surface area contributed by atoms with Gasteiger partial charge in [0.25, 0.3) is 0 Å². The minimum Gasteiger partial charge on any atom is -0.342 e. The summed E-state index contributed by atoms with van der Waals surface area (Å²) in [6.45, 7) is 13.2. The van der Waals surface area contributed by atoms with Gasteiger partial charge in [0.1, 0.15) is 5.82 Å². The molecular weight excluding hydrogens is 366 g/mol. The van der Waals surface area contributed by atoms with Gasteiger partial charge < -0.3 is 10.6 Å². The van der Waals surface area contributed by atoms with E-state index < -0.39 is 0 Å². The molecule has 4 rings (SSSR count). The lowest BCUT2D eigenvalue weighted by Gasteiger charge is -2.39. The molecule has 0 spiro atoms. The first-order valence-corrected chi connectivity index (χ1v) is 11.9. The minimum atomic E-state index is 0.355. The number of rotatable bonds is 8. The van der Waals surface area contributed by atoms with E-state index in [-0.39, 0.29) is 0 Å². The van der Waals surface area contributed by atoms with E-state index in [9.17, 15) is 0 Å². The number of allylic oxidation sites excluding steroid dienone is 2. The Labute approximate surface area is 183 Å². The monoisotopic (exact) mass is 405 g/mol. The Hall–Kier alpha value is -2.03. The Morgan fingerprint density at radius 3 is 2.27 bits per heavy atom. The van der Waals surface area contributed by atoms with E-state index in [1.807, 2.05) is 6.21 Å². The van der Waals surface area contributed by atoms with E-state index in [1.165, 1.54) is 86.6 Å². The molecule has 0 aromatic heterocycles. The summed E-state index contributed by atoms with van der Waals surface area (Å²) >= 11 is 0. The van der Waals surface area contributed by atoms with Crippen molar-refractivity contribution < 1.29 is 0 Å². The molecule has 3 aliphatic carbocycles. The molecule has 3 heteroatoms. The molecule has 0 radical (unpaired) electrons. The van der Waals surface area contributed by atoms with Crippen LogP contribution in [-0.4, -0.2) is 12.3 Å². The molecule has 0 heterocycles. The lowest BCUT2D eigenvalue weighted by molar-refractivity contribution is 0.137. The summed E-state index contributed by atoms with van der Waals surface area (Å²) in [5, 5.41) is 7.19. The summed E-state index contributed by atoms with van der Waals surface area (Å²) in [7, 11) is 0. The summed E-state index contributed by atoms with van der Waals surface area (Å²) in [6, 6.07) is 2.83. The molecule has 1 atom stereocenters. The smallest absolute Gasteiger partial charge is 0.100 e. The fraction of sp³-hybridized carbons (Fsp3) is 0.593. The average molecular weight is 406 g/mol. The van der Waals surface area contributed by atoms with Crippen LogP contribution >= 0.6 is 0 Å². The molecule has 0 saturated heterocycles. The van der Waals surface area contributed by atoms with Crippen LogP contribution in [0.4, 0.5) is 5.69 Å². The number of fused-ring (bicyclic) bond motifs is 2. The number of hydrogen-bond donors (Lipinski definition) is 2. The van der Waals surface area contributed by atoms with Crippen LogP contribution in [0.3, 0.4) is 0 Å². The van der Waals surface area contributed by atoms with Gasteiger partial charge >= 0.3 is 0 Å². The van der Waals surface area contributed by atoms with Crippen molar-refractivity contribution in [2.45, 2.75) is 97.9 Å². The van der Waals surface area contributed by atoms with Crippen molar-refractivity contribution in [3.05, 3.63) is 52.0 Å². The van der Waals surface area contributed by atoms with Gasteiger partial charge in [-0.15, -0.1) is 0 Å². The molecule has 1 aromatic carbocycles. The predicted octanol–water partition coefficient (Wildman–Crippen LogP) is 6.47. The molecule has 162 valence electrons. The number of anilines is 1. The Morgan fingerprint density at radius 1 is 1.10 bits per heavy atom. The summed E-state index contributed by atoms with van der Waals surface area (Å²) < 4.78 is 0. The third-order valence-corrected chi connectivity index (χ3v) is 7.38. The van der Waals surface area contributed by atoms with Crippen LogP contribution in [0.25, 0.3) is 0 Å². The molecule has 1 aromatic rings. The average Bonchev–Trinajstić information content (AvgIpc) is 3.32. The number of aryl methyl sites for hydroxylation is 2. The second kappa shape index (κ2) is 8.61. The number of aliphatic imine (C=N–C) groups is 1. The minimum absolute atomic E-state index is 0.355. The van der Waals surface area contributed by atoms with Crippen LogP contribution in [0, 0.1) is 5.41 Å². The fourth-order valence-corrected chi connectivity index (χ4v) is 5.55. The van der Waals surface area contributed by atoms with Crippen LogP contribution in [0.2, 0.25) is 0 Å². The van der Waals surface area contributed by atoms with Crippen LogP contribution < -0.4 is 10.6 Å². The molecule has 2 N–H and O–H groups in total. The first-order chi connectivity index (χ1) is 14.3. The molecule has 0 bridgehead atoms. The van der Waals surface area contributed by atoms with E-state index in [4.69, 9.17) is 4.99 Å². The molecule has 0 aliphatic heterocycles. The van der Waals surface area contributed by atoms with Gasteiger partial charge in [-0.3, -0.25) is 4.99 Å². The van der Waals surface area contributed by atoms with Gasteiger partial charge in [-0.25, -0.2) is 0 Å². The zero-order valence-corrected chi connectivity index (χ0v) is 19.5. The summed E-state index contributed by atoms with van der Waals surface area (Å²) in [4.78, 5) is 4.87. The SMILES string of the molecule is C=C(NC(C=NC(C)CC1(C)CCC1)=C(C)C)Nc1c2c(cc3c1CCC3)CCC2. The quantitative estimate of drug-likeness (QED) is 0.486. The van der Waals surface area contributed by atoms with Gasteiger partial charge in [0, 0.05) is 17.9 Å². The lowest BCUT2D eigenvalue weighted by Crippen LogP contribution is -2.29. The normalized spacial score (nSPS) is 19.7. The Bertz CT molecular complexity index is 850. The highest BCUT2D eigenvalue weighted by Gasteiger charge is 2.32. The largest absolute Gasteiger partial charge is 0.342 e. The van der Waals surface area contributed by atoms with Crippen molar-refractivity contribution in [1.82, 2.24) is 5.32 Å². The maximum atomic E-state index is 4.87. The zero-order chi connectivity index (χ0) is 21.3. The summed E-state index contributed by atoms with van der Waals surface area (Å²) in [6.07, 6.45) is 14.7. The highest BCUT2D eigenvalue weighted by Crippen LogP contribution is 2.44. The van der Waals surface area contributed by atoms with Crippen LogP contribution in [0.15, 0.2) is 34.7 Å². The van der Waals surface area contributed by atoms with Crippen LogP contribution in [0.1, 0.15) is 88.5 Å². The van der Waals surface area contributed by atoms with Crippen molar-refractivity contribution in [2.24, 2.45) is 10.4 Å². The first kappa shape index (κ1) is 21.2. The van der Waals surface area contributed by atoms with Gasteiger partial charge in [0.15, 0.2) is 0 Å². The van der Waals surface area contributed by atoms with Gasteiger partial charge in [-0.2, -0.15) is 0 Å². The molecular formula is C27H39N3. The maximum absolute atomic E-state index is 4.87. The lowest BCUT2D eigenvalue weighted by atomic mass is 9.67. The highest BCUT2D eigenvalue weighted by atomic mass is 15.1. The second-order valence-electron chi connectivity index (χ2n) is 10.4. The molecule has 30 heavy (non-hydrogen) atoms. The van der Waals surface area contributed by atoms with E-state index in [1.54, 1.807) is 11.1 Å². The molecule has 0 amide bonds. The van der Waals surface area contributed by atoms with Crippen molar-refractivity contribution in [2.75, 3.05) is 5.32 Å². The van der Waals surface area contributed by atoms with E-state index >= 15 is 0 Å². The molecule has 1 unspecified atom stereocenters. The van der Waals surface area contributed by atoms with Gasteiger partial charge in [-0.1, -0.05) is 31.6 Å². The van der Waals surface area contributed by atoms with Gasteiger partial charge in [0.2, 0.25) is 0 Å². The Kier molecular flexibility index (Phi) is 6.09. The summed E-state index contributed by atoms with van der Waals surface area (Å²) in [5.41, 5.74) is 10.3. The zero-order valence-electron chi connectivity index (χ0n) is 19.5. The van der Waals surface area contributed by atoms with E-state index in [0.717, 1.165) is 11.5 Å². The van der Waals surface area contributed by atoms with Gasteiger partial charge in [0.05, 0.1) is 5.70 Å². The number of nitrogens with zero attached hydrogens (tertiary/aromatic N) is 1. The maximum Gasteiger partial charge on any atom is 0.100 e. The van der Waals surface area contributed by atoms with Crippen molar-refractivity contribution in [3.63, 3.8) is 0 Å². The molecule has 3 aliphatic rings. The Balaban J connectivity index is 1.44. The van der Waals surface area contributed by atoms with Crippen molar-refractivity contribution in [1.29, 1.82) is 0 Å². The fourth-order valence-electron chi connectivity index (χ4n) is 5.55. The van der Waals surface area contributed by atoms with Crippen LogP contribution in [-0.2, 0) is 25.7 Å². The standard InChI is InChI=1S/C27H39N3/c1-18(2)25(17-28-19(3)16-27(5)13-8-14-27)29-20(4)30-26-23-11-6-9-21(23)15-22-10-7-12-24(22)26/h15,17,19,29-30H,4,6-14,16H2,1-3,5H3. The van der Waals surface area contributed by atoms with Crippen molar-refractivity contribution >= 4 is 11.9 Å². The predicted molar refractivity (Wildman–Crippen MR) is 129 cm³/mol. The van der Waals surface area contributed by atoms with E-state index in [2.05, 4.69) is 51.0 Å². The van der Waals surface area contributed by atoms with E-state index in [0.29, 0.717) is 11.5 Å². The highest BCUT2D eigenvalue weighted by molar-refractivity contribution is 5.79. The molecule has 1 fully saturated rings. The van der Waals surface area contributed by atoms with Crippen LogP contribution in [0.5, 0.6) is 0 Å². The second-order valence-corrected chi connectivity index (χ2v) is 10.4.